The van der Waals surface area contributed by atoms with E-state index in [0.29, 0.717) is 36.1 Å². The second kappa shape index (κ2) is 7.88. The van der Waals surface area contributed by atoms with Crippen LogP contribution in [0, 0.1) is 0 Å². The number of piperazine rings is 1. The van der Waals surface area contributed by atoms with Crippen molar-refractivity contribution in [2.75, 3.05) is 31.9 Å². The van der Waals surface area contributed by atoms with E-state index in [9.17, 15) is 13.2 Å². The van der Waals surface area contributed by atoms with Crippen molar-refractivity contribution in [1.29, 1.82) is 0 Å². The Kier molecular flexibility index (Phi) is 6.04. The van der Waals surface area contributed by atoms with Crippen LogP contribution in [-0.2, 0) is 14.8 Å². The van der Waals surface area contributed by atoms with Crippen LogP contribution in [-0.4, -0.2) is 55.5 Å². The Morgan fingerprint density at radius 1 is 1.21 bits per heavy atom. The summed E-state index contributed by atoms with van der Waals surface area (Å²) < 4.78 is 28.8. The molecule has 1 amide bonds. The number of nitrogens with zero attached hydrogens (tertiary/aromatic N) is 2. The zero-order chi connectivity index (χ0) is 17.2. The highest BCUT2D eigenvalue weighted by Gasteiger charge is 2.31. The molecule has 1 aliphatic rings. The van der Waals surface area contributed by atoms with Crippen molar-refractivity contribution in [3.8, 4) is 0 Å². The molecule has 2 aromatic rings. The lowest BCUT2D eigenvalue weighted by Crippen LogP contribution is -2.50. The first kappa shape index (κ1) is 18.4. The standard InChI is InChI=1S/C14H15BrN2O3S4/c15-11-3-4-14(23-11)24(19,20)17-7-5-16(6-8-17)12(18)10-22-13-2-1-9-21-13/h1-4,9H,5-8,10H2. The monoisotopic (exact) mass is 466 g/mol. The first-order chi connectivity index (χ1) is 11.5. The third-order valence-electron chi connectivity index (χ3n) is 3.57. The maximum Gasteiger partial charge on any atom is 0.252 e. The Morgan fingerprint density at radius 3 is 2.54 bits per heavy atom. The molecule has 0 atom stereocenters. The van der Waals surface area contributed by atoms with E-state index in [-0.39, 0.29) is 5.91 Å². The summed E-state index contributed by atoms with van der Waals surface area (Å²) in [6, 6.07) is 7.30. The van der Waals surface area contributed by atoms with Crippen LogP contribution in [0.2, 0.25) is 0 Å². The highest BCUT2D eigenvalue weighted by molar-refractivity contribution is 9.11. The van der Waals surface area contributed by atoms with E-state index in [1.165, 1.54) is 27.4 Å². The molecule has 3 rings (SSSR count). The maximum atomic E-state index is 12.6. The minimum absolute atomic E-state index is 0.0596. The Labute approximate surface area is 161 Å². The number of carbonyl (C=O) groups is 1. The zero-order valence-corrected chi connectivity index (χ0v) is 17.4. The number of sulfonamides is 1. The van der Waals surface area contributed by atoms with Crippen LogP contribution in [0.5, 0.6) is 0 Å². The number of amides is 1. The molecule has 0 unspecified atom stereocenters. The number of carbonyl (C=O) groups excluding carboxylic acids is 1. The van der Waals surface area contributed by atoms with Gasteiger partial charge in [0.15, 0.2) is 0 Å². The van der Waals surface area contributed by atoms with Gasteiger partial charge in [0.2, 0.25) is 5.91 Å². The van der Waals surface area contributed by atoms with Crippen molar-refractivity contribution in [2.24, 2.45) is 0 Å². The third kappa shape index (κ3) is 4.23. The van der Waals surface area contributed by atoms with Gasteiger partial charge in [-0.25, -0.2) is 8.42 Å². The molecule has 5 nitrogen and oxygen atoms in total. The molecule has 1 saturated heterocycles. The van der Waals surface area contributed by atoms with Crippen LogP contribution in [0.25, 0.3) is 0 Å². The minimum atomic E-state index is -3.46. The molecule has 3 heterocycles. The summed E-state index contributed by atoms with van der Waals surface area (Å²) in [7, 11) is -3.46. The van der Waals surface area contributed by atoms with Crippen LogP contribution in [0.3, 0.4) is 0 Å². The summed E-state index contributed by atoms with van der Waals surface area (Å²) in [6.45, 7) is 1.56. The molecular formula is C14H15BrN2O3S4. The third-order valence-corrected chi connectivity index (χ3v) is 9.67. The second-order valence-electron chi connectivity index (χ2n) is 5.06. The van der Waals surface area contributed by atoms with Crippen molar-refractivity contribution in [1.82, 2.24) is 9.21 Å². The summed E-state index contributed by atoms with van der Waals surface area (Å²) in [5.41, 5.74) is 0. The van der Waals surface area contributed by atoms with Crippen molar-refractivity contribution in [2.45, 2.75) is 8.42 Å². The summed E-state index contributed by atoms with van der Waals surface area (Å²) in [5.74, 6) is 0.454. The van der Waals surface area contributed by atoms with Crippen LogP contribution < -0.4 is 0 Å². The van der Waals surface area contributed by atoms with Crippen molar-refractivity contribution in [3.63, 3.8) is 0 Å². The van der Waals surface area contributed by atoms with Crippen LogP contribution >= 0.6 is 50.4 Å². The predicted molar refractivity (Wildman–Crippen MR) is 102 cm³/mol. The quantitative estimate of drug-likeness (QED) is 0.634. The number of hydrogen-bond acceptors (Lipinski definition) is 6. The molecule has 0 bridgehead atoms. The fourth-order valence-electron chi connectivity index (χ4n) is 2.31. The Morgan fingerprint density at radius 2 is 1.96 bits per heavy atom. The molecule has 1 aliphatic heterocycles. The number of hydrogen-bond donors (Lipinski definition) is 0. The van der Waals surface area contributed by atoms with Crippen LogP contribution in [0.4, 0.5) is 0 Å². The summed E-state index contributed by atoms with van der Waals surface area (Å²) in [6.07, 6.45) is 0. The lowest BCUT2D eigenvalue weighted by atomic mass is 10.3. The first-order valence-electron chi connectivity index (χ1n) is 7.16. The van der Waals surface area contributed by atoms with E-state index in [2.05, 4.69) is 15.9 Å². The molecule has 0 N–H and O–H groups in total. The van der Waals surface area contributed by atoms with E-state index in [0.717, 1.165) is 8.00 Å². The predicted octanol–water partition coefficient (Wildman–Crippen LogP) is 3.20. The van der Waals surface area contributed by atoms with Crippen LogP contribution in [0.1, 0.15) is 0 Å². The number of halogens is 1. The fraction of sp³-hybridized carbons (Fsp3) is 0.357. The van der Waals surface area contributed by atoms with E-state index in [4.69, 9.17) is 0 Å². The molecule has 0 aliphatic carbocycles. The molecule has 24 heavy (non-hydrogen) atoms. The van der Waals surface area contributed by atoms with Crippen molar-refractivity contribution >= 4 is 66.3 Å². The maximum absolute atomic E-state index is 12.6. The number of rotatable bonds is 5. The van der Waals surface area contributed by atoms with Gasteiger partial charge in [-0.1, -0.05) is 6.07 Å². The van der Waals surface area contributed by atoms with Gasteiger partial charge >= 0.3 is 0 Å². The van der Waals surface area contributed by atoms with Crippen LogP contribution in [0.15, 0.2) is 41.9 Å². The lowest BCUT2D eigenvalue weighted by Gasteiger charge is -2.33. The molecule has 0 radical (unpaired) electrons. The van der Waals surface area contributed by atoms with E-state index in [1.54, 1.807) is 28.4 Å². The highest BCUT2D eigenvalue weighted by atomic mass is 79.9. The molecule has 130 valence electrons. The highest BCUT2D eigenvalue weighted by Crippen LogP contribution is 2.29. The summed E-state index contributed by atoms with van der Waals surface area (Å²) >= 11 is 7.64. The molecular weight excluding hydrogens is 452 g/mol. The molecule has 2 aromatic heterocycles. The summed E-state index contributed by atoms with van der Waals surface area (Å²) in [5, 5.41) is 1.99. The van der Waals surface area contributed by atoms with Crippen molar-refractivity contribution in [3.05, 3.63) is 33.4 Å². The SMILES string of the molecule is O=C(CSc1cccs1)N1CCN(S(=O)(=O)c2ccc(Br)s2)CC1. The molecule has 0 aromatic carbocycles. The number of thioether (sulfide) groups is 1. The van der Waals surface area contributed by atoms with Gasteiger partial charge in [-0.15, -0.1) is 34.4 Å². The average Bonchev–Trinajstić information content (AvgIpc) is 3.24. The second-order valence-corrected chi connectivity index (χ2v) is 11.9. The average molecular weight is 467 g/mol. The van der Waals surface area contributed by atoms with E-state index < -0.39 is 10.0 Å². The van der Waals surface area contributed by atoms with Gasteiger partial charge in [0, 0.05) is 26.2 Å². The topological polar surface area (TPSA) is 57.7 Å². The van der Waals surface area contributed by atoms with Gasteiger partial charge in [0.25, 0.3) is 10.0 Å². The number of thiophene rings is 2. The largest absolute Gasteiger partial charge is 0.339 e. The van der Waals surface area contributed by atoms with Gasteiger partial charge < -0.3 is 4.90 Å². The Hall–Kier alpha value is -0.390. The Bertz CT molecular complexity index is 796. The molecule has 10 heteroatoms. The van der Waals surface area contributed by atoms with E-state index >= 15 is 0 Å². The van der Waals surface area contributed by atoms with Gasteiger partial charge in [0.1, 0.15) is 4.21 Å². The Balaban J connectivity index is 1.54. The molecule has 0 saturated carbocycles. The first-order valence-corrected chi connectivity index (χ1v) is 12.1. The minimum Gasteiger partial charge on any atom is -0.339 e. The van der Waals surface area contributed by atoms with E-state index in [1.807, 2.05) is 17.5 Å². The molecule has 1 fully saturated rings. The zero-order valence-electron chi connectivity index (χ0n) is 12.6. The van der Waals surface area contributed by atoms with Gasteiger partial charge in [-0.05, 0) is 39.5 Å². The lowest BCUT2D eigenvalue weighted by molar-refractivity contribution is -0.129. The molecule has 0 spiro atoms. The van der Waals surface area contributed by atoms with Crippen molar-refractivity contribution < 1.29 is 13.2 Å². The normalized spacial score (nSPS) is 16.5. The van der Waals surface area contributed by atoms with Gasteiger partial charge in [-0.2, -0.15) is 4.31 Å². The van der Waals surface area contributed by atoms with Gasteiger partial charge in [-0.3, -0.25) is 4.79 Å². The smallest absolute Gasteiger partial charge is 0.252 e. The fourth-order valence-corrected chi connectivity index (χ4v) is 7.58. The van der Waals surface area contributed by atoms with Gasteiger partial charge in [0.05, 0.1) is 13.7 Å². The summed E-state index contributed by atoms with van der Waals surface area (Å²) in [4.78, 5) is 14.0.